The fraction of sp³-hybridized carbons (Fsp3) is 0.0526. The maximum atomic E-state index is 14.2. The van der Waals surface area contributed by atoms with Crippen LogP contribution in [0.3, 0.4) is 0 Å². The summed E-state index contributed by atoms with van der Waals surface area (Å²) in [5.41, 5.74) is 7.55. The maximum absolute atomic E-state index is 14.2. The highest BCUT2D eigenvalue weighted by atomic mass is 35.5. The smallest absolute Gasteiger partial charge is 0.151 e. The molecule has 2 aromatic heterocycles. The number of allylic oxidation sites excluding steroid dienone is 1. The van der Waals surface area contributed by atoms with Gasteiger partial charge in [0, 0.05) is 29.2 Å². The Balaban J connectivity index is 2.31. The summed E-state index contributed by atoms with van der Waals surface area (Å²) in [5, 5.41) is 5.14. The van der Waals surface area contributed by atoms with Crippen LogP contribution in [0.25, 0.3) is 17.8 Å². The van der Waals surface area contributed by atoms with E-state index in [0.29, 0.717) is 27.3 Å². The van der Waals surface area contributed by atoms with Crippen molar-refractivity contribution in [2.24, 2.45) is 5.73 Å². The number of nitrogens with zero attached hydrogens (tertiary/aromatic N) is 3. The van der Waals surface area contributed by atoms with E-state index in [0.717, 1.165) is 12.1 Å². The summed E-state index contributed by atoms with van der Waals surface area (Å²) in [6, 6.07) is 4.91. The van der Waals surface area contributed by atoms with Crippen molar-refractivity contribution >= 4 is 35.4 Å². The van der Waals surface area contributed by atoms with Gasteiger partial charge in [-0.25, -0.2) is 13.5 Å². The molecular formula is C19H14Cl2F2N4. The van der Waals surface area contributed by atoms with Gasteiger partial charge in [-0.2, -0.15) is 5.10 Å². The monoisotopic (exact) mass is 406 g/mol. The Hall–Kier alpha value is -2.70. The Bertz CT molecular complexity index is 1120. The number of pyridine rings is 1. The molecule has 0 aliphatic carbocycles. The van der Waals surface area contributed by atoms with Crippen LogP contribution in [0, 0.1) is 11.6 Å². The molecule has 2 heterocycles. The standard InChI is InChI=1S/C19H14Cl2F2N4/c1-11-15(10-26-27(11)18-3-2-12(22)8-17(18)23)13(4-6-24)16-9-25-7-5-14(16)19(20)21/h2-10,19H,1,24H2/b6-4-,15-13+. The Labute approximate surface area is 163 Å². The quantitative estimate of drug-likeness (QED) is 0.677. The number of hydrogen-bond donors (Lipinski definition) is 1. The molecule has 27 heavy (non-hydrogen) atoms. The van der Waals surface area contributed by atoms with E-state index in [9.17, 15) is 8.78 Å². The summed E-state index contributed by atoms with van der Waals surface area (Å²) >= 11 is 12.1. The van der Waals surface area contributed by atoms with Gasteiger partial charge in [-0.1, -0.05) is 6.58 Å². The topological polar surface area (TPSA) is 56.7 Å². The maximum Gasteiger partial charge on any atom is 0.151 e. The van der Waals surface area contributed by atoms with E-state index < -0.39 is 16.5 Å². The molecule has 0 radical (unpaired) electrons. The Morgan fingerprint density at radius 3 is 2.67 bits per heavy atom. The van der Waals surface area contributed by atoms with Gasteiger partial charge < -0.3 is 5.73 Å². The summed E-state index contributed by atoms with van der Waals surface area (Å²) in [4.78, 5) is 3.32. The van der Waals surface area contributed by atoms with Gasteiger partial charge in [0.1, 0.15) is 16.3 Å². The van der Waals surface area contributed by atoms with Crippen molar-refractivity contribution in [2.45, 2.75) is 4.84 Å². The lowest BCUT2D eigenvalue weighted by atomic mass is 10.0. The first-order chi connectivity index (χ1) is 12.9. The van der Waals surface area contributed by atoms with Gasteiger partial charge >= 0.3 is 0 Å². The Morgan fingerprint density at radius 2 is 2.00 bits per heavy atom. The summed E-state index contributed by atoms with van der Waals surface area (Å²) in [5.74, 6) is -1.43. The minimum absolute atomic E-state index is 0.0719. The van der Waals surface area contributed by atoms with E-state index in [-0.39, 0.29) is 5.69 Å². The fourth-order valence-electron chi connectivity index (χ4n) is 2.70. The predicted octanol–water partition coefficient (Wildman–Crippen LogP) is 3.10. The van der Waals surface area contributed by atoms with Gasteiger partial charge in [0.25, 0.3) is 0 Å². The summed E-state index contributed by atoms with van der Waals surface area (Å²) < 4.78 is 28.6. The number of hydrogen-bond acceptors (Lipinski definition) is 3. The van der Waals surface area contributed by atoms with Crippen molar-refractivity contribution in [1.29, 1.82) is 0 Å². The van der Waals surface area contributed by atoms with Crippen LogP contribution in [0.1, 0.15) is 16.0 Å². The van der Waals surface area contributed by atoms with Gasteiger partial charge in [0.05, 0.1) is 11.5 Å². The molecule has 0 saturated carbocycles. The largest absolute Gasteiger partial charge is 0.405 e. The molecule has 8 heteroatoms. The first kappa shape index (κ1) is 19.1. The summed E-state index contributed by atoms with van der Waals surface area (Å²) in [7, 11) is 0. The molecule has 1 aromatic carbocycles. The third-order valence-corrected chi connectivity index (χ3v) is 4.41. The van der Waals surface area contributed by atoms with Crippen LogP contribution in [0.4, 0.5) is 8.78 Å². The minimum atomic E-state index is -0.790. The molecule has 0 aliphatic rings. The summed E-state index contributed by atoms with van der Waals surface area (Å²) in [6.07, 6.45) is 7.65. The average Bonchev–Trinajstić information content (AvgIpc) is 3.01. The van der Waals surface area contributed by atoms with Crippen molar-refractivity contribution in [3.63, 3.8) is 0 Å². The van der Waals surface area contributed by atoms with Crippen molar-refractivity contribution in [1.82, 2.24) is 14.8 Å². The van der Waals surface area contributed by atoms with Crippen molar-refractivity contribution in [3.05, 3.63) is 88.5 Å². The van der Waals surface area contributed by atoms with Gasteiger partial charge in [0.15, 0.2) is 5.82 Å². The van der Waals surface area contributed by atoms with Gasteiger partial charge in [-0.05, 0) is 41.6 Å². The third-order valence-electron chi connectivity index (χ3n) is 3.94. The highest BCUT2D eigenvalue weighted by Gasteiger charge is 2.15. The first-order valence-corrected chi connectivity index (χ1v) is 8.64. The van der Waals surface area contributed by atoms with Crippen molar-refractivity contribution < 1.29 is 8.78 Å². The van der Waals surface area contributed by atoms with E-state index >= 15 is 0 Å². The molecule has 4 nitrogen and oxygen atoms in total. The van der Waals surface area contributed by atoms with Crippen molar-refractivity contribution in [2.75, 3.05) is 0 Å². The van der Waals surface area contributed by atoms with Crippen LogP contribution in [-0.2, 0) is 0 Å². The highest BCUT2D eigenvalue weighted by Crippen LogP contribution is 2.30. The lowest BCUT2D eigenvalue weighted by molar-refractivity contribution is 0.572. The normalized spacial score (nSPS) is 12.8. The van der Waals surface area contributed by atoms with Gasteiger partial charge in [-0.3, -0.25) is 4.98 Å². The third kappa shape index (κ3) is 3.72. The number of nitrogens with two attached hydrogens (primary N) is 1. The van der Waals surface area contributed by atoms with Crippen LogP contribution in [0.5, 0.6) is 0 Å². The Morgan fingerprint density at radius 1 is 1.22 bits per heavy atom. The average molecular weight is 407 g/mol. The van der Waals surface area contributed by atoms with E-state index in [1.807, 2.05) is 0 Å². The molecule has 2 N–H and O–H groups in total. The highest BCUT2D eigenvalue weighted by molar-refractivity contribution is 6.44. The van der Waals surface area contributed by atoms with Crippen LogP contribution in [0.15, 0.2) is 55.1 Å². The van der Waals surface area contributed by atoms with Crippen LogP contribution in [0.2, 0.25) is 0 Å². The molecule has 0 amide bonds. The SMILES string of the molecule is C=c1/c(=C(\C=C/N)c2cnccc2C(Cl)Cl)cnn1-c1ccc(F)cc1F. The minimum Gasteiger partial charge on any atom is -0.405 e. The second-order valence-corrected chi connectivity index (χ2v) is 6.65. The molecule has 138 valence electrons. The second-order valence-electron chi connectivity index (χ2n) is 5.55. The second kappa shape index (κ2) is 7.90. The van der Waals surface area contributed by atoms with Gasteiger partial charge in [-0.15, -0.1) is 23.2 Å². The molecule has 0 bridgehead atoms. The molecule has 0 atom stereocenters. The number of aromatic nitrogens is 3. The Kier molecular flexibility index (Phi) is 5.58. The molecular weight excluding hydrogens is 393 g/mol. The molecule has 0 fully saturated rings. The molecule has 0 spiro atoms. The predicted molar refractivity (Wildman–Crippen MR) is 103 cm³/mol. The zero-order chi connectivity index (χ0) is 19.6. The molecule has 0 aliphatic heterocycles. The lowest BCUT2D eigenvalue weighted by Gasteiger charge is -2.10. The molecule has 3 rings (SSSR count). The first-order valence-electron chi connectivity index (χ1n) is 7.77. The molecule has 3 aromatic rings. The van der Waals surface area contributed by atoms with Crippen molar-refractivity contribution in [3.8, 4) is 5.69 Å². The van der Waals surface area contributed by atoms with E-state index in [2.05, 4.69) is 16.7 Å². The number of halogens is 4. The molecule has 0 unspecified atom stereocenters. The van der Waals surface area contributed by atoms with Crippen LogP contribution >= 0.6 is 23.2 Å². The number of alkyl halides is 2. The van der Waals surface area contributed by atoms with Crippen LogP contribution in [-0.4, -0.2) is 14.8 Å². The van der Waals surface area contributed by atoms with Crippen LogP contribution < -0.4 is 16.3 Å². The van der Waals surface area contributed by atoms with E-state index in [4.69, 9.17) is 28.9 Å². The zero-order valence-corrected chi connectivity index (χ0v) is 15.4. The number of rotatable bonds is 4. The fourth-order valence-corrected chi connectivity index (χ4v) is 3.08. The summed E-state index contributed by atoms with van der Waals surface area (Å²) in [6.45, 7) is 3.98. The lowest BCUT2D eigenvalue weighted by Crippen LogP contribution is -2.29. The molecule has 0 saturated heterocycles. The number of benzene rings is 1. The van der Waals surface area contributed by atoms with E-state index in [1.165, 1.54) is 23.1 Å². The van der Waals surface area contributed by atoms with E-state index in [1.54, 1.807) is 24.5 Å². The van der Waals surface area contributed by atoms with Gasteiger partial charge in [0.2, 0.25) is 0 Å². The zero-order valence-electron chi connectivity index (χ0n) is 13.9.